The van der Waals surface area contributed by atoms with Crippen molar-refractivity contribution in [3.8, 4) is 0 Å². The third-order valence-corrected chi connectivity index (χ3v) is 13.3. The van der Waals surface area contributed by atoms with E-state index in [4.69, 9.17) is 0 Å². The maximum absolute atomic E-state index is 2.52. The molecule has 0 aromatic heterocycles. The fraction of sp³-hybridized carbons (Fsp3) is 0.778. The Bertz CT molecular complexity index is 95.3. The molecule has 0 nitrogen and oxygen atoms in total. The molecule has 0 saturated carbocycles. The van der Waals surface area contributed by atoms with Gasteiger partial charge in [-0.15, -0.1) is 0 Å². The molecule has 0 aliphatic rings. The standard InChI is InChI=1S/2C3H7.C3H5.Bi/c3*1-3-2;/h2*3H,1-2H3;1,3H,2H3;. The molecule has 0 radical (unpaired) electrons. The molecule has 0 saturated heterocycles. The molecule has 0 atom stereocenters. The number of rotatable bonds is 3. The van der Waals surface area contributed by atoms with E-state index in [1.165, 1.54) is 0 Å². The number of hydrogen-bond acceptors (Lipinski definition) is 0. The van der Waals surface area contributed by atoms with Crippen molar-refractivity contribution in [2.45, 2.75) is 41.9 Å². The molecule has 10 heavy (non-hydrogen) atoms. The van der Waals surface area contributed by atoms with Crippen molar-refractivity contribution in [3.05, 3.63) is 9.86 Å². The average Bonchev–Trinajstić information content (AvgIpc) is 1.81. The molecule has 0 aromatic rings. The van der Waals surface area contributed by atoms with Crippen molar-refractivity contribution < 1.29 is 0 Å². The Morgan fingerprint density at radius 1 is 1.00 bits per heavy atom. The summed E-state index contributed by atoms with van der Waals surface area (Å²) in [6.45, 7) is 11.6. The summed E-state index contributed by atoms with van der Waals surface area (Å²) in [5.74, 6) is 0. The van der Waals surface area contributed by atoms with Crippen molar-refractivity contribution in [2.75, 3.05) is 0 Å². The maximum atomic E-state index is 2.52. The van der Waals surface area contributed by atoms with Gasteiger partial charge in [-0.3, -0.25) is 0 Å². The first-order valence-electron chi connectivity index (χ1n) is 3.99. The summed E-state index contributed by atoms with van der Waals surface area (Å²) in [5.41, 5.74) is 0. The van der Waals surface area contributed by atoms with E-state index in [0.717, 1.165) is 7.25 Å². The Balaban J connectivity index is 3.98. The molecular weight excluding hydrogens is 317 g/mol. The van der Waals surface area contributed by atoms with E-state index in [9.17, 15) is 0 Å². The van der Waals surface area contributed by atoms with Gasteiger partial charge in [-0.1, -0.05) is 0 Å². The SMILES string of the molecule is C/C=[CH]/[Bi]([CH](C)C)[CH](C)C. The minimum absolute atomic E-state index is 0.978. The van der Waals surface area contributed by atoms with Gasteiger partial charge < -0.3 is 0 Å². The van der Waals surface area contributed by atoms with Gasteiger partial charge in [-0.05, 0) is 0 Å². The summed E-state index contributed by atoms with van der Waals surface area (Å²) in [4.78, 5) is 0. The first kappa shape index (κ1) is 10.6. The Morgan fingerprint density at radius 2 is 1.40 bits per heavy atom. The monoisotopic (exact) mass is 336 g/mol. The van der Waals surface area contributed by atoms with Gasteiger partial charge >= 0.3 is 73.5 Å². The zero-order chi connectivity index (χ0) is 8.15. The van der Waals surface area contributed by atoms with Crippen LogP contribution in [0.25, 0.3) is 0 Å². The Hall–Kier alpha value is 0.623. The summed E-state index contributed by atoms with van der Waals surface area (Å²) >= 11 is -1.17. The van der Waals surface area contributed by atoms with E-state index in [0.29, 0.717) is 0 Å². The van der Waals surface area contributed by atoms with Gasteiger partial charge in [0.25, 0.3) is 0 Å². The normalized spacial score (nSPS) is 12.8. The van der Waals surface area contributed by atoms with Crippen molar-refractivity contribution in [1.82, 2.24) is 0 Å². The number of hydrogen-bond donors (Lipinski definition) is 0. The zero-order valence-electron chi connectivity index (χ0n) is 7.76. The molecule has 0 bridgehead atoms. The van der Waals surface area contributed by atoms with Crippen LogP contribution in [0.3, 0.4) is 0 Å². The second-order valence-corrected chi connectivity index (χ2v) is 15.8. The van der Waals surface area contributed by atoms with Gasteiger partial charge in [0.15, 0.2) is 0 Å². The molecule has 0 heterocycles. The van der Waals surface area contributed by atoms with Crippen LogP contribution in [0.4, 0.5) is 0 Å². The molecule has 0 rings (SSSR count). The first-order valence-corrected chi connectivity index (χ1v) is 10.0. The van der Waals surface area contributed by atoms with Gasteiger partial charge in [-0.2, -0.15) is 0 Å². The molecule has 0 fully saturated rings. The van der Waals surface area contributed by atoms with Gasteiger partial charge in [0.05, 0.1) is 0 Å². The second kappa shape index (κ2) is 5.30. The Morgan fingerprint density at radius 3 is 1.50 bits per heavy atom. The minimum atomic E-state index is -1.17. The Labute approximate surface area is 73.4 Å². The van der Waals surface area contributed by atoms with Crippen LogP contribution in [0.15, 0.2) is 9.86 Å². The fourth-order valence-corrected chi connectivity index (χ4v) is 9.76. The second-order valence-electron chi connectivity index (χ2n) is 3.12. The molecule has 0 aliphatic heterocycles. The summed E-state index contributed by atoms with van der Waals surface area (Å²) in [7, 11) is 0. The van der Waals surface area contributed by atoms with Crippen molar-refractivity contribution in [1.29, 1.82) is 0 Å². The van der Waals surface area contributed by atoms with E-state index in [2.05, 4.69) is 44.5 Å². The van der Waals surface area contributed by atoms with Gasteiger partial charge in [0.2, 0.25) is 0 Å². The quantitative estimate of drug-likeness (QED) is 0.693. The van der Waals surface area contributed by atoms with Crippen LogP contribution >= 0.6 is 0 Å². The Kier molecular flexibility index (Phi) is 5.63. The van der Waals surface area contributed by atoms with Gasteiger partial charge in [0.1, 0.15) is 0 Å². The van der Waals surface area contributed by atoms with Crippen LogP contribution in [0.1, 0.15) is 34.6 Å². The van der Waals surface area contributed by atoms with Crippen molar-refractivity contribution >= 4 is 21.8 Å². The van der Waals surface area contributed by atoms with Crippen LogP contribution in [0.2, 0.25) is 7.25 Å². The van der Waals surface area contributed by atoms with Gasteiger partial charge in [-0.25, -0.2) is 0 Å². The summed E-state index contributed by atoms with van der Waals surface area (Å²) in [6, 6.07) is 0. The van der Waals surface area contributed by atoms with Crippen LogP contribution in [0.5, 0.6) is 0 Å². The molecular formula is C9H19Bi. The summed E-state index contributed by atoms with van der Waals surface area (Å²) in [6.07, 6.45) is 2.25. The topological polar surface area (TPSA) is 0 Å². The molecule has 0 aliphatic carbocycles. The average molecular weight is 336 g/mol. The number of allylic oxidation sites excluding steroid dienone is 1. The van der Waals surface area contributed by atoms with E-state index in [-0.39, 0.29) is 0 Å². The van der Waals surface area contributed by atoms with E-state index >= 15 is 0 Å². The van der Waals surface area contributed by atoms with E-state index in [1.54, 1.807) is 0 Å². The van der Waals surface area contributed by atoms with Crippen LogP contribution in [-0.2, 0) is 0 Å². The molecule has 60 valence electrons. The molecule has 0 spiro atoms. The zero-order valence-corrected chi connectivity index (χ0v) is 11.2. The van der Waals surface area contributed by atoms with E-state index in [1.807, 2.05) is 0 Å². The van der Waals surface area contributed by atoms with Gasteiger partial charge in [0, 0.05) is 0 Å². The molecule has 0 amide bonds. The fourth-order valence-electron chi connectivity index (χ4n) is 1.11. The first-order chi connectivity index (χ1) is 4.59. The molecule has 1 heteroatoms. The van der Waals surface area contributed by atoms with Crippen molar-refractivity contribution in [3.63, 3.8) is 0 Å². The third kappa shape index (κ3) is 3.71. The van der Waals surface area contributed by atoms with Crippen LogP contribution in [-0.4, -0.2) is 21.8 Å². The third-order valence-electron chi connectivity index (χ3n) is 1.51. The van der Waals surface area contributed by atoms with Crippen molar-refractivity contribution in [2.24, 2.45) is 0 Å². The molecule has 0 unspecified atom stereocenters. The van der Waals surface area contributed by atoms with E-state index < -0.39 is 21.8 Å². The molecule has 0 aromatic carbocycles. The summed E-state index contributed by atoms with van der Waals surface area (Å²) in [5, 5.41) is 0. The predicted octanol–water partition coefficient (Wildman–Crippen LogP) is 3.42. The van der Waals surface area contributed by atoms with Crippen LogP contribution in [0, 0.1) is 0 Å². The van der Waals surface area contributed by atoms with Crippen LogP contribution < -0.4 is 0 Å². The summed E-state index contributed by atoms with van der Waals surface area (Å²) < 4.78 is 4.47. The predicted molar refractivity (Wildman–Crippen MR) is 50.8 cm³/mol. The molecule has 0 N–H and O–H groups in total.